The van der Waals surface area contributed by atoms with Crippen LogP contribution in [0, 0.1) is 23.5 Å². The molecule has 0 amide bonds. The number of ether oxygens (including phenoxy) is 1. The van der Waals surface area contributed by atoms with Gasteiger partial charge in [0, 0.05) is 5.56 Å². The molecule has 0 bridgehead atoms. The van der Waals surface area contributed by atoms with Gasteiger partial charge in [-0.2, -0.15) is 4.39 Å². The van der Waals surface area contributed by atoms with E-state index in [0.29, 0.717) is 23.8 Å². The molecule has 0 aromatic heterocycles. The van der Waals surface area contributed by atoms with Crippen LogP contribution in [0.3, 0.4) is 0 Å². The van der Waals surface area contributed by atoms with E-state index in [0.717, 1.165) is 31.7 Å². The summed E-state index contributed by atoms with van der Waals surface area (Å²) >= 11 is 0. The fourth-order valence-corrected chi connectivity index (χ4v) is 4.40. The lowest BCUT2D eigenvalue weighted by atomic mass is 9.73. The van der Waals surface area contributed by atoms with E-state index in [1.807, 2.05) is 6.08 Å². The Balaban J connectivity index is 1.67. The fraction of sp³-hybridized carbons (Fsp3) is 0.545. The van der Waals surface area contributed by atoms with E-state index in [4.69, 9.17) is 0 Å². The van der Waals surface area contributed by atoms with Gasteiger partial charge in [0.1, 0.15) is 0 Å². The summed E-state index contributed by atoms with van der Waals surface area (Å²) in [4.78, 5) is 0. The average molecular weight is 400 g/mol. The molecule has 1 nitrogen and oxygen atoms in total. The zero-order chi connectivity index (χ0) is 20.3. The zero-order valence-electron chi connectivity index (χ0n) is 15.9. The minimum Gasteiger partial charge on any atom is -0.403 e. The molecule has 0 saturated heterocycles. The van der Waals surface area contributed by atoms with Crippen molar-refractivity contribution in [1.82, 2.24) is 0 Å². The van der Waals surface area contributed by atoms with Gasteiger partial charge in [-0.3, -0.25) is 0 Å². The lowest BCUT2D eigenvalue weighted by Gasteiger charge is -2.32. The van der Waals surface area contributed by atoms with Gasteiger partial charge < -0.3 is 4.74 Å². The number of benzene rings is 1. The first-order valence-electron chi connectivity index (χ1n) is 9.89. The lowest BCUT2D eigenvalue weighted by Crippen LogP contribution is -2.20. The second-order valence-electron chi connectivity index (χ2n) is 7.70. The number of halogens is 5. The standard InChI is InChI=1S/C22H25F5O/c1-2-3-14-4-6-15(7-5-14)16-8-10-17(11-9-16)18-12-13-19(21(24)20(18)23)28-22(25,26)27/h4,10,12-13,15-16H,2-3,5-9,11H2,1H3. The van der Waals surface area contributed by atoms with Gasteiger partial charge in [-0.1, -0.05) is 31.1 Å². The monoisotopic (exact) mass is 400 g/mol. The molecule has 2 unspecified atom stereocenters. The second-order valence-corrected chi connectivity index (χ2v) is 7.70. The Kier molecular flexibility index (Phi) is 6.46. The van der Waals surface area contributed by atoms with Crippen LogP contribution in [0.1, 0.15) is 63.9 Å². The predicted octanol–water partition coefficient (Wildman–Crippen LogP) is 7.57. The number of allylic oxidation sites excluding steroid dienone is 4. The summed E-state index contributed by atoms with van der Waals surface area (Å²) in [6.45, 7) is 2.18. The maximum atomic E-state index is 14.3. The highest BCUT2D eigenvalue weighted by atomic mass is 19.4. The van der Waals surface area contributed by atoms with Crippen molar-refractivity contribution < 1.29 is 26.7 Å². The third kappa shape index (κ3) is 4.95. The Hall–Kier alpha value is -1.85. The zero-order valence-corrected chi connectivity index (χ0v) is 15.9. The van der Waals surface area contributed by atoms with Crippen LogP contribution in [-0.4, -0.2) is 6.36 Å². The molecule has 0 saturated carbocycles. The highest BCUT2D eigenvalue weighted by Gasteiger charge is 2.34. The molecule has 0 aliphatic heterocycles. The van der Waals surface area contributed by atoms with Crippen molar-refractivity contribution in [2.75, 3.05) is 0 Å². The summed E-state index contributed by atoms with van der Waals surface area (Å²) < 4.78 is 68.6. The largest absolute Gasteiger partial charge is 0.573 e. The van der Waals surface area contributed by atoms with Crippen LogP contribution in [0.5, 0.6) is 5.75 Å². The Morgan fingerprint density at radius 1 is 0.964 bits per heavy atom. The minimum atomic E-state index is -5.06. The van der Waals surface area contributed by atoms with Crippen LogP contribution < -0.4 is 4.74 Å². The molecule has 28 heavy (non-hydrogen) atoms. The van der Waals surface area contributed by atoms with Crippen molar-refractivity contribution in [3.05, 3.63) is 47.1 Å². The van der Waals surface area contributed by atoms with Gasteiger partial charge in [-0.25, -0.2) is 4.39 Å². The summed E-state index contributed by atoms with van der Waals surface area (Å²) in [7, 11) is 0. The van der Waals surface area contributed by atoms with E-state index in [2.05, 4.69) is 17.7 Å². The van der Waals surface area contributed by atoms with Crippen molar-refractivity contribution in [1.29, 1.82) is 0 Å². The molecular weight excluding hydrogens is 375 g/mol. The third-order valence-corrected chi connectivity index (χ3v) is 5.85. The number of rotatable bonds is 5. The van der Waals surface area contributed by atoms with E-state index in [9.17, 15) is 22.0 Å². The van der Waals surface area contributed by atoms with Crippen LogP contribution in [-0.2, 0) is 0 Å². The number of alkyl halides is 3. The predicted molar refractivity (Wildman–Crippen MR) is 98.7 cm³/mol. The van der Waals surface area contributed by atoms with Crippen LogP contribution >= 0.6 is 0 Å². The molecule has 154 valence electrons. The summed E-state index contributed by atoms with van der Waals surface area (Å²) in [5.41, 5.74) is 2.23. The van der Waals surface area contributed by atoms with Crippen molar-refractivity contribution in [2.24, 2.45) is 11.8 Å². The molecule has 2 aliphatic carbocycles. The molecule has 2 atom stereocenters. The van der Waals surface area contributed by atoms with Crippen molar-refractivity contribution >= 4 is 5.57 Å². The van der Waals surface area contributed by atoms with Crippen LogP contribution in [0.25, 0.3) is 5.57 Å². The van der Waals surface area contributed by atoms with Crippen LogP contribution in [0.2, 0.25) is 0 Å². The van der Waals surface area contributed by atoms with Crippen molar-refractivity contribution in [2.45, 2.75) is 64.7 Å². The van der Waals surface area contributed by atoms with Gasteiger partial charge in [-0.05, 0) is 74.5 Å². The molecule has 1 aromatic carbocycles. The van der Waals surface area contributed by atoms with Crippen molar-refractivity contribution in [3.63, 3.8) is 0 Å². The lowest BCUT2D eigenvalue weighted by molar-refractivity contribution is -0.275. The second kappa shape index (κ2) is 8.66. The van der Waals surface area contributed by atoms with Gasteiger partial charge in [-0.15, -0.1) is 13.2 Å². The van der Waals surface area contributed by atoms with Crippen LogP contribution in [0.4, 0.5) is 22.0 Å². The summed E-state index contributed by atoms with van der Waals surface area (Å²) in [6, 6.07) is 2.02. The van der Waals surface area contributed by atoms with Gasteiger partial charge in [0.15, 0.2) is 11.6 Å². The molecule has 0 spiro atoms. The maximum Gasteiger partial charge on any atom is 0.573 e. The van der Waals surface area contributed by atoms with Gasteiger partial charge >= 0.3 is 6.36 Å². The van der Waals surface area contributed by atoms with Gasteiger partial charge in [0.2, 0.25) is 5.82 Å². The molecule has 6 heteroatoms. The maximum absolute atomic E-state index is 14.3. The molecule has 0 radical (unpaired) electrons. The van der Waals surface area contributed by atoms with Crippen molar-refractivity contribution in [3.8, 4) is 5.75 Å². The number of hydrogen-bond donors (Lipinski definition) is 0. The van der Waals surface area contributed by atoms with Gasteiger partial charge in [0.25, 0.3) is 0 Å². The Morgan fingerprint density at radius 2 is 1.64 bits per heavy atom. The molecule has 0 fully saturated rings. The summed E-state index contributed by atoms with van der Waals surface area (Å²) in [5.74, 6) is -2.89. The summed E-state index contributed by atoms with van der Waals surface area (Å²) in [5, 5.41) is 0. The average Bonchev–Trinajstić information content (AvgIpc) is 2.66. The fourth-order valence-electron chi connectivity index (χ4n) is 4.40. The van der Waals surface area contributed by atoms with E-state index >= 15 is 0 Å². The minimum absolute atomic E-state index is 0.0271. The molecule has 1 aromatic rings. The molecule has 0 heterocycles. The first kappa shape index (κ1) is 20.9. The molecular formula is C22H25F5O. The highest BCUT2D eigenvalue weighted by molar-refractivity contribution is 5.67. The number of hydrogen-bond acceptors (Lipinski definition) is 1. The van der Waals surface area contributed by atoms with Crippen LogP contribution in [0.15, 0.2) is 29.9 Å². The SMILES string of the molecule is CCCC1=CCC(C2CC=C(c3ccc(OC(F)(F)F)c(F)c3F)CC2)CC1. The molecule has 0 N–H and O–H groups in total. The van der Waals surface area contributed by atoms with Gasteiger partial charge in [0.05, 0.1) is 0 Å². The third-order valence-electron chi connectivity index (χ3n) is 5.85. The Labute approximate surface area is 162 Å². The summed E-state index contributed by atoms with van der Waals surface area (Å²) in [6.07, 6.45) is 7.23. The molecule has 2 aliphatic rings. The first-order chi connectivity index (χ1) is 13.3. The Bertz CT molecular complexity index is 763. The molecule has 3 rings (SSSR count). The normalized spacial score (nSPS) is 23.2. The van der Waals surface area contributed by atoms with E-state index in [1.165, 1.54) is 25.3 Å². The quantitative estimate of drug-likeness (QED) is 0.366. The topological polar surface area (TPSA) is 9.23 Å². The first-order valence-corrected chi connectivity index (χ1v) is 9.89. The highest BCUT2D eigenvalue weighted by Crippen LogP contribution is 2.41. The van der Waals surface area contributed by atoms with E-state index in [-0.39, 0.29) is 5.56 Å². The Morgan fingerprint density at radius 3 is 2.18 bits per heavy atom. The van der Waals surface area contributed by atoms with E-state index in [1.54, 1.807) is 5.57 Å². The van der Waals surface area contributed by atoms with E-state index < -0.39 is 23.7 Å². The smallest absolute Gasteiger partial charge is 0.403 e.